The Bertz CT molecular complexity index is 766. The third-order valence-electron chi connectivity index (χ3n) is 4.43. The number of benzene rings is 1. The van der Waals surface area contributed by atoms with E-state index in [1.165, 1.54) is 11.1 Å². The molecule has 7 nitrogen and oxygen atoms in total. The summed E-state index contributed by atoms with van der Waals surface area (Å²) < 4.78 is 7.00. The molecule has 1 aromatic heterocycles. The maximum absolute atomic E-state index is 12.5. The highest BCUT2D eigenvalue weighted by molar-refractivity contribution is 5.77. The number of rotatable bonds is 4. The van der Waals surface area contributed by atoms with E-state index in [-0.39, 0.29) is 12.1 Å². The Hall–Kier alpha value is -2.83. The second-order valence-corrected chi connectivity index (χ2v) is 6.13. The lowest BCUT2D eigenvalue weighted by molar-refractivity contribution is 0.199. The van der Waals surface area contributed by atoms with E-state index in [2.05, 4.69) is 33.7 Å². The molecule has 0 spiro atoms. The van der Waals surface area contributed by atoms with Crippen molar-refractivity contribution in [2.24, 2.45) is 7.05 Å². The van der Waals surface area contributed by atoms with Crippen LogP contribution in [-0.4, -0.2) is 45.9 Å². The first-order valence-electron chi connectivity index (χ1n) is 8.31. The van der Waals surface area contributed by atoms with Crippen molar-refractivity contribution >= 4 is 11.6 Å². The molecule has 1 aliphatic rings. The van der Waals surface area contributed by atoms with Gasteiger partial charge in [-0.2, -0.15) is 0 Å². The number of hydrogen-bond acceptors (Lipinski definition) is 4. The Kier molecular flexibility index (Phi) is 5.02. The van der Waals surface area contributed by atoms with Gasteiger partial charge in [0.05, 0.1) is 13.2 Å². The molecule has 1 aromatic carbocycles. The molecular weight excluding hydrogens is 318 g/mol. The molecule has 0 bridgehead atoms. The van der Waals surface area contributed by atoms with Crippen LogP contribution in [0.15, 0.2) is 36.7 Å². The SMILES string of the molecule is COc1ccc(C2=CCN(C(=O)N[C@H](C)c3nncn3C)CC2)cc1. The van der Waals surface area contributed by atoms with Gasteiger partial charge in [0, 0.05) is 20.1 Å². The van der Waals surface area contributed by atoms with Gasteiger partial charge in [0.15, 0.2) is 5.82 Å². The van der Waals surface area contributed by atoms with Gasteiger partial charge in [-0.1, -0.05) is 18.2 Å². The summed E-state index contributed by atoms with van der Waals surface area (Å²) in [4.78, 5) is 14.3. The number of ether oxygens (including phenoxy) is 1. The first kappa shape index (κ1) is 17.0. The number of methoxy groups -OCH3 is 1. The summed E-state index contributed by atoms with van der Waals surface area (Å²) in [5, 5.41) is 10.9. The van der Waals surface area contributed by atoms with Gasteiger partial charge in [0.2, 0.25) is 0 Å². The molecule has 0 fully saturated rings. The van der Waals surface area contributed by atoms with Crippen LogP contribution in [0.25, 0.3) is 5.57 Å². The van der Waals surface area contributed by atoms with E-state index >= 15 is 0 Å². The van der Waals surface area contributed by atoms with Gasteiger partial charge in [-0.15, -0.1) is 10.2 Å². The molecule has 1 N–H and O–H groups in total. The molecule has 1 aliphatic heterocycles. The molecule has 2 amide bonds. The van der Waals surface area contributed by atoms with E-state index in [0.717, 1.165) is 18.0 Å². The first-order chi connectivity index (χ1) is 12.1. The number of aryl methyl sites for hydroxylation is 1. The number of nitrogens with zero attached hydrogens (tertiary/aromatic N) is 4. The summed E-state index contributed by atoms with van der Waals surface area (Å²) in [5.74, 6) is 1.58. The van der Waals surface area contributed by atoms with Gasteiger partial charge < -0.3 is 19.5 Å². The molecule has 7 heteroatoms. The largest absolute Gasteiger partial charge is 0.497 e. The Balaban J connectivity index is 1.59. The molecular formula is C18H23N5O2. The van der Waals surface area contributed by atoms with E-state index in [0.29, 0.717) is 13.1 Å². The van der Waals surface area contributed by atoms with Crippen molar-refractivity contribution in [3.63, 3.8) is 0 Å². The fraction of sp³-hybridized carbons (Fsp3) is 0.389. The van der Waals surface area contributed by atoms with Crippen molar-refractivity contribution in [2.75, 3.05) is 20.2 Å². The fourth-order valence-electron chi connectivity index (χ4n) is 2.95. The van der Waals surface area contributed by atoms with Gasteiger partial charge >= 0.3 is 6.03 Å². The third-order valence-corrected chi connectivity index (χ3v) is 4.43. The van der Waals surface area contributed by atoms with E-state index in [1.54, 1.807) is 18.3 Å². The minimum absolute atomic E-state index is 0.0828. The number of amides is 2. The number of carbonyl (C=O) groups is 1. The molecule has 132 valence electrons. The average Bonchev–Trinajstić information content (AvgIpc) is 3.08. The Morgan fingerprint density at radius 1 is 1.32 bits per heavy atom. The Morgan fingerprint density at radius 3 is 2.64 bits per heavy atom. The van der Waals surface area contributed by atoms with E-state index in [1.807, 2.05) is 30.7 Å². The summed E-state index contributed by atoms with van der Waals surface area (Å²) in [6.07, 6.45) is 4.57. The quantitative estimate of drug-likeness (QED) is 0.927. The van der Waals surface area contributed by atoms with Crippen molar-refractivity contribution in [2.45, 2.75) is 19.4 Å². The molecule has 0 unspecified atom stereocenters. The number of urea groups is 1. The van der Waals surface area contributed by atoms with Crippen LogP contribution in [0, 0.1) is 0 Å². The zero-order chi connectivity index (χ0) is 17.8. The summed E-state index contributed by atoms with van der Waals surface area (Å²) >= 11 is 0. The van der Waals surface area contributed by atoms with Crippen LogP contribution >= 0.6 is 0 Å². The van der Waals surface area contributed by atoms with E-state index < -0.39 is 0 Å². The highest BCUT2D eigenvalue weighted by atomic mass is 16.5. The normalized spacial score (nSPS) is 15.5. The minimum atomic E-state index is -0.188. The molecule has 0 saturated heterocycles. The molecule has 3 rings (SSSR count). The lowest BCUT2D eigenvalue weighted by Gasteiger charge is -2.28. The second kappa shape index (κ2) is 7.38. The zero-order valence-electron chi connectivity index (χ0n) is 14.8. The number of aromatic nitrogens is 3. The van der Waals surface area contributed by atoms with Crippen molar-refractivity contribution in [1.82, 2.24) is 25.0 Å². The van der Waals surface area contributed by atoms with Crippen LogP contribution < -0.4 is 10.1 Å². The summed E-state index contributed by atoms with van der Waals surface area (Å²) in [6, 6.07) is 7.75. The molecule has 1 atom stereocenters. The lowest BCUT2D eigenvalue weighted by Crippen LogP contribution is -2.43. The highest BCUT2D eigenvalue weighted by Crippen LogP contribution is 2.24. The Morgan fingerprint density at radius 2 is 2.08 bits per heavy atom. The predicted octanol–water partition coefficient (Wildman–Crippen LogP) is 2.38. The van der Waals surface area contributed by atoms with Crippen LogP contribution in [0.2, 0.25) is 0 Å². The maximum atomic E-state index is 12.5. The first-order valence-corrected chi connectivity index (χ1v) is 8.31. The van der Waals surface area contributed by atoms with Gasteiger partial charge in [0.25, 0.3) is 0 Å². The number of hydrogen-bond donors (Lipinski definition) is 1. The van der Waals surface area contributed by atoms with Crippen LogP contribution in [-0.2, 0) is 7.05 Å². The molecule has 0 radical (unpaired) electrons. The summed E-state index contributed by atoms with van der Waals surface area (Å²) in [7, 11) is 3.52. The molecule has 0 aliphatic carbocycles. The van der Waals surface area contributed by atoms with Gasteiger partial charge in [0.1, 0.15) is 12.1 Å². The van der Waals surface area contributed by atoms with E-state index in [9.17, 15) is 4.79 Å². The van der Waals surface area contributed by atoms with Crippen LogP contribution in [0.3, 0.4) is 0 Å². The van der Waals surface area contributed by atoms with Crippen LogP contribution in [0.5, 0.6) is 5.75 Å². The van der Waals surface area contributed by atoms with Gasteiger partial charge in [-0.05, 0) is 36.6 Å². The molecule has 2 aromatic rings. The predicted molar refractivity (Wildman–Crippen MR) is 95.1 cm³/mol. The fourth-order valence-corrected chi connectivity index (χ4v) is 2.95. The number of nitrogens with one attached hydrogen (secondary N) is 1. The monoisotopic (exact) mass is 341 g/mol. The standard InChI is InChI=1S/C18H23N5O2/c1-13(17-21-19-12-22(17)2)20-18(24)23-10-8-15(9-11-23)14-4-6-16(25-3)7-5-14/h4-8,12-13H,9-11H2,1-3H3,(H,20,24)/t13-/m1/s1. The molecule has 0 saturated carbocycles. The average molecular weight is 341 g/mol. The van der Waals surface area contributed by atoms with E-state index in [4.69, 9.17) is 4.74 Å². The third kappa shape index (κ3) is 3.81. The van der Waals surface area contributed by atoms with Crippen LogP contribution in [0.1, 0.15) is 30.8 Å². The maximum Gasteiger partial charge on any atom is 0.318 e. The second-order valence-electron chi connectivity index (χ2n) is 6.13. The van der Waals surface area contributed by atoms with Crippen molar-refractivity contribution < 1.29 is 9.53 Å². The zero-order valence-corrected chi connectivity index (χ0v) is 14.8. The topological polar surface area (TPSA) is 72.3 Å². The van der Waals surface area contributed by atoms with Gasteiger partial charge in [-0.25, -0.2) is 4.79 Å². The van der Waals surface area contributed by atoms with Crippen LogP contribution in [0.4, 0.5) is 4.79 Å². The number of carbonyl (C=O) groups excluding carboxylic acids is 1. The van der Waals surface area contributed by atoms with Crippen molar-refractivity contribution in [3.8, 4) is 5.75 Å². The minimum Gasteiger partial charge on any atom is -0.497 e. The highest BCUT2D eigenvalue weighted by Gasteiger charge is 2.21. The van der Waals surface area contributed by atoms with Gasteiger partial charge in [-0.3, -0.25) is 0 Å². The lowest BCUT2D eigenvalue weighted by atomic mass is 9.99. The molecule has 25 heavy (non-hydrogen) atoms. The Labute approximate surface area is 147 Å². The summed E-state index contributed by atoms with van der Waals surface area (Å²) in [6.45, 7) is 3.19. The summed E-state index contributed by atoms with van der Waals surface area (Å²) in [5.41, 5.74) is 2.43. The van der Waals surface area contributed by atoms with Crippen molar-refractivity contribution in [1.29, 1.82) is 0 Å². The smallest absolute Gasteiger partial charge is 0.318 e. The molecule has 2 heterocycles. The van der Waals surface area contributed by atoms with Crippen molar-refractivity contribution in [3.05, 3.63) is 48.1 Å².